The number of carbonyl (C=O) groups is 1. The fraction of sp³-hybridized carbons (Fsp3) is 0.462. The van der Waals surface area contributed by atoms with Crippen LogP contribution < -0.4 is 5.73 Å². The molecular weight excluding hydrogens is 272 g/mol. The summed E-state index contributed by atoms with van der Waals surface area (Å²) in [6, 6.07) is -0.0656. The van der Waals surface area contributed by atoms with Crippen molar-refractivity contribution in [2.24, 2.45) is 5.73 Å². The Morgan fingerprint density at radius 2 is 2.33 bits per heavy atom. The summed E-state index contributed by atoms with van der Waals surface area (Å²) in [5.74, 6) is 0.551. The van der Waals surface area contributed by atoms with Gasteiger partial charge < -0.3 is 10.3 Å². The molecule has 0 saturated carbocycles. The van der Waals surface area contributed by atoms with E-state index >= 15 is 0 Å². The molecule has 1 atom stereocenters. The largest absolute Gasteiger partial charge is 0.369 e. The van der Waals surface area contributed by atoms with Crippen LogP contribution in [0.4, 0.5) is 0 Å². The van der Waals surface area contributed by atoms with E-state index in [2.05, 4.69) is 20.1 Å². The number of rotatable bonds is 4. The number of hydrogen-bond acceptors (Lipinski definition) is 7. The number of nitrogens with two attached hydrogens (primary N) is 1. The average molecular weight is 288 g/mol. The minimum Gasteiger partial charge on any atom is -0.369 e. The van der Waals surface area contributed by atoms with Crippen LogP contribution in [0.5, 0.6) is 0 Å². The molecule has 0 aromatic carbocycles. The third-order valence-electron chi connectivity index (χ3n) is 3.49. The molecule has 8 heteroatoms. The maximum Gasteiger partial charge on any atom is 0.244 e. The molecule has 21 heavy (non-hydrogen) atoms. The molecule has 1 amide bonds. The van der Waals surface area contributed by atoms with Gasteiger partial charge in [-0.05, 0) is 19.4 Å². The van der Waals surface area contributed by atoms with Crippen molar-refractivity contribution in [1.82, 2.24) is 25.0 Å². The van der Waals surface area contributed by atoms with Crippen LogP contribution in [0.2, 0.25) is 0 Å². The van der Waals surface area contributed by atoms with Crippen molar-refractivity contribution in [3.05, 3.63) is 24.5 Å². The van der Waals surface area contributed by atoms with E-state index in [1.807, 2.05) is 4.90 Å². The van der Waals surface area contributed by atoms with Gasteiger partial charge >= 0.3 is 0 Å². The standard InChI is InChI=1S/C13H16N6O2/c14-11(20)8-19-6-2-1-3-10(19)13-17-12(18-21-13)9-7-15-4-5-16-9/h4-5,7,10H,1-3,6,8H2,(H2,14,20)/t10-/m1/s1. The molecule has 0 spiro atoms. The zero-order chi connectivity index (χ0) is 14.7. The predicted molar refractivity (Wildman–Crippen MR) is 72.7 cm³/mol. The molecule has 0 bridgehead atoms. The first-order valence-electron chi connectivity index (χ1n) is 6.86. The number of primary amides is 1. The van der Waals surface area contributed by atoms with E-state index in [0.717, 1.165) is 25.8 Å². The van der Waals surface area contributed by atoms with Gasteiger partial charge in [-0.2, -0.15) is 4.98 Å². The normalized spacial score (nSPS) is 19.5. The van der Waals surface area contributed by atoms with Gasteiger partial charge in [0.1, 0.15) is 5.69 Å². The molecule has 2 aromatic rings. The van der Waals surface area contributed by atoms with E-state index in [1.165, 1.54) is 0 Å². The highest BCUT2D eigenvalue weighted by molar-refractivity contribution is 5.76. The summed E-state index contributed by atoms with van der Waals surface area (Å²) in [6.07, 6.45) is 7.70. The quantitative estimate of drug-likeness (QED) is 0.873. The van der Waals surface area contributed by atoms with Crippen molar-refractivity contribution in [3.63, 3.8) is 0 Å². The Kier molecular flexibility index (Phi) is 3.87. The molecule has 2 N–H and O–H groups in total. The zero-order valence-electron chi connectivity index (χ0n) is 11.5. The number of carbonyl (C=O) groups excluding carboxylic acids is 1. The number of aromatic nitrogens is 4. The highest BCUT2D eigenvalue weighted by Crippen LogP contribution is 2.30. The molecule has 1 fully saturated rings. The monoisotopic (exact) mass is 288 g/mol. The Bertz CT molecular complexity index is 614. The van der Waals surface area contributed by atoms with Crippen molar-refractivity contribution < 1.29 is 9.32 Å². The van der Waals surface area contributed by atoms with Crippen molar-refractivity contribution in [2.45, 2.75) is 25.3 Å². The molecule has 8 nitrogen and oxygen atoms in total. The van der Waals surface area contributed by atoms with E-state index in [-0.39, 0.29) is 18.5 Å². The molecule has 0 radical (unpaired) electrons. The van der Waals surface area contributed by atoms with Crippen molar-refractivity contribution in [1.29, 1.82) is 0 Å². The van der Waals surface area contributed by atoms with Crippen LogP contribution in [0.3, 0.4) is 0 Å². The van der Waals surface area contributed by atoms with Gasteiger partial charge in [-0.1, -0.05) is 11.6 Å². The van der Waals surface area contributed by atoms with Gasteiger partial charge in [0.25, 0.3) is 0 Å². The van der Waals surface area contributed by atoms with Crippen LogP contribution in [0, 0.1) is 0 Å². The summed E-state index contributed by atoms with van der Waals surface area (Å²) in [4.78, 5) is 25.7. The third-order valence-corrected chi connectivity index (χ3v) is 3.49. The van der Waals surface area contributed by atoms with Gasteiger partial charge in [0.2, 0.25) is 17.6 Å². The molecule has 1 aliphatic heterocycles. The molecule has 0 unspecified atom stereocenters. The molecule has 1 saturated heterocycles. The Morgan fingerprint density at radius 1 is 1.43 bits per heavy atom. The van der Waals surface area contributed by atoms with Crippen LogP contribution in [0.15, 0.2) is 23.1 Å². The highest BCUT2D eigenvalue weighted by Gasteiger charge is 2.29. The summed E-state index contributed by atoms with van der Waals surface area (Å²) in [7, 11) is 0. The van der Waals surface area contributed by atoms with Crippen molar-refractivity contribution >= 4 is 5.91 Å². The molecule has 1 aliphatic rings. The van der Waals surface area contributed by atoms with E-state index in [0.29, 0.717) is 17.4 Å². The topological polar surface area (TPSA) is 111 Å². The third kappa shape index (κ3) is 3.05. The summed E-state index contributed by atoms with van der Waals surface area (Å²) in [5.41, 5.74) is 5.85. The van der Waals surface area contributed by atoms with Crippen LogP contribution in [-0.2, 0) is 4.79 Å². The first kappa shape index (κ1) is 13.6. The van der Waals surface area contributed by atoms with Gasteiger partial charge in [-0.3, -0.25) is 14.7 Å². The molecule has 3 heterocycles. The van der Waals surface area contributed by atoms with Gasteiger partial charge in [-0.15, -0.1) is 0 Å². The lowest BCUT2D eigenvalue weighted by Crippen LogP contribution is -2.39. The summed E-state index contributed by atoms with van der Waals surface area (Å²) >= 11 is 0. The van der Waals surface area contributed by atoms with E-state index < -0.39 is 0 Å². The lowest BCUT2D eigenvalue weighted by atomic mass is 10.0. The van der Waals surface area contributed by atoms with E-state index in [1.54, 1.807) is 18.6 Å². The maximum absolute atomic E-state index is 11.2. The fourth-order valence-corrected chi connectivity index (χ4v) is 2.55. The second kappa shape index (κ2) is 5.96. The minimum absolute atomic E-state index is 0.0656. The first-order valence-corrected chi connectivity index (χ1v) is 6.86. The molecule has 0 aliphatic carbocycles. The van der Waals surface area contributed by atoms with E-state index in [9.17, 15) is 4.79 Å². The SMILES string of the molecule is NC(=O)CN1CCCC[C@@H]1c1nc(-c2cnccn2)no1. The Hall–Kier alpha value is -2.35. The van der Waals surface area contributed by atoms with Crippen molar-refractivity contribution in [3.8, 4) is 11.5 Å². The van der Waals surface area contributed by atoms with Gasteiger partial charge in [0, 0.05) is 12.4 Å². The number of likely N-dealkylation sites (tertiary alicyclic amines) is 1. The fourth-order valence-electron chi connectivity index (χ4n) is 2.55. The minimum atomic E-state index is -0.351. The van der Waals surface area contributed by atoms with Crippen LogP contribution in [0.25, 0.3) is 11.5 Å². The predicted octanol–water partition coefficient (Wildman–Crippen LogP) is 0.539. The average Bonchev–Trinajstić information content (AvgIpc) is 2.98. The number of amides is 1. The molecule has 3 rings (SSSR count). The summed E-state index contributed by atoms with van der Waals surface area (Å²) < 4.78 is 5.35. The number of nitrogens with zero attached hydrogens (tertiary/aromatic N) is 5. The Morgan fingerprint density at radius 3 is 3.10 bits per heavy atom. The summed E-state index contributed by atoms with van der Waals surface area (Å²) in [5, 5.41) is 3.94. The molecular formula is C13H16N6O2. The Balaban J connectivity index is 1.82. The second-order valence-electron chi connectivity index (χ2n) is 5.00. The molecule has 110 valence electrons. The number of piperidine rings is 1. The van der Waals surface area contributed by atoms with Crippen LogP contribution in [0.1, 0.15) is 31.2 Å². The Labute approximate surface area is 121 Å². The smallest absolute Gasteiger partial charge is 0.244 e. The van der Waals surface area contributed by atoms with Gasteiger partial charge in [-0.25, -0.2) is 4.98 Å². The summed E-state index contributed by atoms with van der Waals surface area (Å²) in [6.45, 7) is 1.00. The van der Waals surface area contributed by atoms with Crippen LogP contribution in [-0.4, -0.2) is 44.0 Å². The lowest BCUT2D eigenvalue weighted by molar-refractivity contribution is -0.120. The second-order valence-corrected chi connectivity index (χ2v) is 5.00. The van der Waals surface area contributed by atoms with Gasteiger partial charge in [0.15, 0.2) is 0 Å². The highest BCUT2D eigenvalue weighted by atomic mass is 16.5. The van der Waals surface area contributed by atoms with Crippen LogP contribution >= 0.6 is 0 Å². The lowest BCUT2D eigenvalue weighted by Gasteiger charge is -2.32. The molecule has 2 aromatic heterocycles. The van der Waals surface area contributed by atoms with E-state index in [4.69, 9.17) is 10.3 Å². The van der Waals surface area contributed by atoms with Crippen molar-refractivity contribution in [2.75, 3.05) is 13.1 Å². The zero-order valence-corrected chi connectivity index (χ0v) is 11.5. The van der Waals surface area contributed by atoms with Gasteiger partial charge in [0.05, 0.1) is 18.8 Å². The maximum atomic E-state index is 11.2. The number of hydrogen-bond donors (Lipinski definition) is 1. The first-order chi connectivity index (χ1) is 10.2.